The van der Waals surface area contributed by atoms with Crippen molar-refractivity contribution >= 4 is 5.69 Å². The lowest BCUT2D eigenvalue weighted by molar-refractivity contribution is -0.385. The van der Waals surface area contributed by atoms with Gasteiger partial charge in [0.05, 0.1) is 11.0 Å². The van der Waals surface area contributed by atoms with Crippen molar-refractivity contribution in [1.82, 2.24) is 0 Å². The smallest absolute Gasteiger partial charge is 0.273 e. The van der Waals surface area contributed by atoms with Gasteiger partial charge in [-0.3, -0.25) is 10.1 Å². The fourth-order valence-corrected chi connectivity index (χ4v) is 2.50. The van der Waals surface area contributed by atoms with Gasteiger partial charge in [-0.15, -0.1) is 0 Å². The first-order valence-corrected chi connectivity index (χ1v) is 6.55. The molecule has 0 saturated heterocycles. The van der Waals surface area contributed by atoms with Crippen molar-refractivity contribution in [2.45, 2.75) is 45.8 Å². The van der Waals surface area contributed by atoms with Gasteiger partial charge >= 0.3 is 0 Å². The van der Waals surface area contributed by atoms with Crippen LogP contribution in [-0.2, 0) is 0 Å². The van der Waals surface area contributed by atoms with Gasteiger partial charge in [0.15, 0.2) is 0 Å². The summed E-state index contributed by atoms with van der Waals surface area (Å²) in [6.45, 7) is 6.09. The monoisotopic (exact) mass is 264 g/mol. The first kappa shape index (κ1) is 13.8. The number of hydrogen-bond donors (Lipinski definition) is 1. The first-order chi connectivity index (χ1) is 8.88. The summed E-state index contributed by atoms with van der Waals surface area (Å²) in [6.07, 6.45) is 1.77. The largest absolute Gasteiger partial charge is 0.489 e. The van der Waals surface area contributed by atoms with Gasteiger partial charge in [-0.2, -0.15) is 0 Å². The molecule has 0 amide bonds. The van der Waals surface area contributed by atoms with Crippen LogP contribution in [0.15, 0.2) is 18.2 Å². The van der Waals surface area contributed by atoms with Crippen molar-refractivity contribution in [2.24, 2.45) is 11.1 Å². The van der Waals surface area contributed by atoms with Crippen LogP contribution in [-0.4, -0.2) is 17.1 Å². The van der Waals surface area contributed by atoms with Crippen LogP contribution in [0.1, 0.15) is 32.3 Å². The fraction of sp³-hybridized carbons (Fsp3) is 0.571. The molecule has 0 aliphatic heterocycles. The lowest BCUT2D eigenvalue weighted by Crippen LogP contribution is -2.61. The van der Waals surface area contributed by atoms with E-state index in [1.54, 1.807) is 6.07 Å². The van der Waals surface area contributed by atoms with Crippen molar-refractivity contribution in [2.75, 3.05) is 0 Å². The van der Waals surface area contributed by atoms with Crippen LogP contribution in [0.4, 0.5) is 5.69 Å². The van der Waals surface area contributed by atoms with Gasteiger partial charge < -0.3 is 10.5 Å². The van der Waals surface area contributed by atoms with E-state index >= 15 is 0 Å². The van der Waals surface area contributed by atoms with Crippen molar-refractivity contribution in [3.63, 3.8) is 0 Å². The van der Waals surface area contributed by atoms with Gasteiger partial charge in [-0.1, -0.05) is 13.8 Å². The van der Waals surface area contributed by atoms with E-state index in [0.717, 1.165) is 18.4 Å². The minimum absolute atomic E-state index is 0.0354. The average molecular weight is 264 g/mol. The number of nitrogens with two attached hydrogens (primary N) is 1. The highest BCUT2D eigenvalue weighted by Crippen LogP contribution is 2.45. The highest BCUT2D eigenvalue weighted by molar-refractivity contribution is 5.44. The van der Waals surface area contributed by atoms with E-state index in [9.17, 15) is 10.1 Å². The minimum Gasteiger partial charge on any atom is -0.489 e. The van der Waals surface area contributed by atoms with Gasteiger partial charge in [0.25, 0.3) is 5.69 Å². The van der Waals surface area contributed by atoms with Crippen LogP contribution in [0.5, 0.6) is 5.75 Å². The third-order valence-electron chi connectivity index (χ3n) is 4.46. The lowest BCUT2D eigenvalue weighted by Gasteiger charge is -2.51. The zero-order valence-electron chi connectivity index (χ0n) is 11.6. The van der Waals surface area contributed by atoms with Gasteiger partial charge in [0.1, 0.15) is 11.9 Å². The molecule has 0 heterocycles. The molecule has 19 heavy (non-hydrogen) atoms. The molecule has 104 valence electrons. The molecule has 1 aliphatic rings. The van der Waals surface area contributed by atoms with E-state index in [1.807, 2.05) is 6.92 Å². The van der Waals surface area contributed by atoms with Gasteiger partial charge in [-0.25, -0.2) is 0 Å². The molecule has 3 atom stereocenters. The number of hydrogen-bond acceptors (Lipinski definition) is 4. The number of nitro groups is 1. The predicted molar refractivity (Wildman–Crippen MR) is 73.2 cm³/mol. The molecule has 2 rings (SSSR count). The van der Waals surface area contributed by atoms with Crippen molar-refractivity contribution in [1.29, 1.82) is 0 Å². The van der Waals surface area contributed by atoms with Crippen LogP contribution in [0, 0.1) is 22.5 Å². The third kappa shape index (κ3) is 2.30. The number of nitro benzene ring substituents is 1. The number of benzene rings is 1. The molecule has 0 bridgehead atoms. The van der Waals surface area contributed by atoms with Crippen LogP contribution in [0.3, 0.4) is 0 Å². The Balaban J connectivity index is 2.20. The standard InChI is InChI=1S/C14H20N2O3/c1-4-14(3)12(15)8-13(14)19-11-7-10(16(17)18)6-5-9(11)2/h5-7,12-13H,4,8,15H2,1-3H3. The summed E-state index contributed by atoms with van der Waals surface area (Å²) in [5, 5.41) is 10.8. The molecule has 0 aromatic heterocycles. The highest BCUT2D eigenvalue weighted by Gasteiger charge is 2.50. The molecule has 3 unspecified atom stereocenters. The Labute approximate surface area is 112 Å². The fourth-order valence-electron chi connectivity index (χ4n) is 2.50. The molecule has 1 saturated carbocycles. The maximum Gasteiger partial charge on any atom is 0.273 e. The number of aryl methyl sites for hydroxylation is 1. The molecular formula is C14H20N2O3. The second-order valence-electron chi connectivity index (χ2n) is 5.51. The number of non-ortho nitro benzene ring substituents is 1. The Kier molecular flexibility index (Phi) is 3.49. The summed E-state index contributed by atoms with van der Waals surface area (Å²) < 4.78 is 5.96. The molecule has 1 fully saturated rings. The normalized spacial score (nSPS) is 29.7. The second-order valence-corrected chi connectivity index (χ2v) is 5.51. The average Bonchev–Trinajstić information content (AvgIpc) is 2.39. The summed E-state index contributed by atoms with van der Waals surface area (Å²) in [4.78, 5) is 10.4. The van der Waals surface area contributed by atoms with Crippen LogP contribution in [0.25, 0.3) is 0 Å². The van der Waals surface area contributed by atoms with E-state index in [-0.39, 0.29) is 23.2 Å². The summed E-state index contributed by atoms with van der Waals surface area (Å²) in [5.74, 6) is 0.589. The number of ether oxygens (including phenoxy) is 1. The van der Waals surface area contributed by atoms with Crippen LogP contribution < -0.4 is 10.5 Å². The quantitative estimate of drug-likeness (QED) is 0.670. The zero-order chi connectivity index (χ0) is 14.2. The van der Waals surface area contributed by atoms with E-state index in [4.69, 9.17) is 10.5 Å². The van der Waals surface area contributed by atoms with Crippen LogP contribution in [0.2, 0.25) is 0 Å². The Hall–Kier alpha value is -1.62. The zero-order valence-corrected chi connectivity index (χ0v) is 11.6. The summed E-state index contributed by atoms with van der Waals surface area (Å²) >= 11 is 0. The third-order valence-corrected chi connectivity index (χ3v) is 4.46. The molecule has 1 aliphatic carbocycles. The molecular weight excluding hydrogens is 244 g/mol. The van der Waals surface area contributed by atoms with Gasteiger partial charge in [0.2, 0.25) is 0 Å². The van der Waals surface area contributed by atoms with Gasteiger partial charge in [-0.05, 0) is 25.0 Å². The summed E-state index contributed by atoms with van der Waals surface area (Å²) in [7, 11) is 0. The van der Waals surface area contributed by atoms with Crippen LogP contribution >= 0.6 is 0 Å². The Bertz CT molecular complexity index is 503. The van der Waals surface area contributed by atoms with Gasteiger partial charge in [0, 0.05) is 23.9 Å². The first-order valence-electron chi connectivity index (χ1n) is 6.55. The van der Waals surface area contributed by atoms with E-state index in [0.29, 0.717) is 5.75 Å². The SMILES string of the molecule is CCC1(C)C(N)CC1Oc1cc([N+](=O)[O-])ccc1C. The van der Waals surface area contributed by atoms with E-state index in [1.165, 1.54) is 12.1 Å². The lowest BCUT2D eigenvalue weighted by atomic mass is 9.62. The summed E-state index contributed by atoms with van der Waals surface area (Å²) in [5.41, 5.74) is 6.96. The topological polar surface area (TPSA) is 78.4 Å². The highest BCUT2D eigenvalue weighted by atomic mass is 16.6. The molecule has 1 aromatic rings. The Morgan fingerprint density at radius 3 is 2.79 bits per heavy atom. The molecule has 2 N–H and O–H groups in total. The molecule has 0 spiro atoms. The van der Waals surface area contributed by atoms with Crippen molar-refractivity contribution < 1.29 is 9.66 Å². The van der Waals surface area contributed by atoms with Crippen molar-refractivity contribution in [3.05, 3.63) is 33.9 Å². The summed E-state index contributed by atoms with van der Waals surface area (Å²) in [6, 6.07) is 4.85. The number of rotatable bonds is 4. The maximum atomic E-state index is 10.8. The minimum atomic E-state index is -0.405. The molecule has 1 aromatic carbocycles. The van der Waals surface area contributed by atoms with E-state index in [2.05, 4.69) is 13.8 Å². The molecule has 0 radical (unpaired) electrons. The van der Waals surface area contributed by atoms with Crippen molar-refractivity contribution in [3.8, 4) is 5.75 Å². The Morgan fingerprint density at radius 1 is 1.58 bits per heavy atom. The molecule has 5 heteroatoms. The predicted octanol–water partition coefficient (Wildman–Crippen LogP) is 2.80. The van der Waals surface area contributed by atoms with E-state index < -0.39 is 4.92 Å². The number of nitrogens with zero attached hydrogens (tertiary/aromatic N) is 1. The molecule has 5 nitrogen and oxygen atoms in total. The maximum absolute atomic E-state index is 10.8. The second kappa shape index (κ2) is 4.81. The Morgan fingerprint density at radius 2 is 2.26 bits per heavy atom.